The molecule has 0 saturated heterocycles. The van der Waals surface area contributed by atoms with Crippen LogP contribution in [0.15, 0.2) is 16.6 Å². The number of nitro benzene ring substituents is 1. The number of nitro groups is 1. The molecule has 0 aliphatic carbocycles. The molecule has 0 amide bonds. The monoisotopic (exact) mass is 302 g/mol. The maximum atomic E-state index is 10.9. The van der Waals surface area contributed by atoms with Crippen LogP contribution in [0.1, 0.15) is 20.8 Å². The lowest BCUT2D eigenvalue weighted by Crippen LogP contribution is -2.11. The van der Waals surface area contributed by atoms with Gasteiger partial charge in [-0.3, -0.25) is 10.1 Å². The van der Waals surface area contributed by atoms with E-state index in [1.54, 1.807) is 6.07 Å². The number of ether oxygens (including phenoxy) is 1. The van der Waals surface area contributed by atoms with Gasteiger partial charge in [-0.15, -0.1) is 0 Å². The summed E-state index contributed by atoms with van der Waals surface area (Å²) in [4.78, 5) is 10.5. The Bertz CT molecular complexity index is 421. The van der Waals surface area contributed by atoms with Gasteiger partial charge in [0.1, 0.15) is 11.4 Å². The standard InChI is InChI=1S/C11H15BrN2O3/c1-4-17-11-6-9(13-7(2)3)10(14(15)16)5-8(11)12/h5-7,13H,4H2,1-3H3. The first-order valence-corrected chi connectivity index (χ1v) is 6.12. The first kappa shape index (κ1) is 13.8. The number of hydrogen-bond acceptors (Lipinski definition) is 4. The number of anilines is 1. The minimum atomic E-state index is -0.412. The number of nitrogens with one attached hydrogen (secondary N) is 1. The Morgan fingerprint density at radius 3 is 2.65 bits per heavy atom. The molecule has 0 fully saturated rings. The summed E-state index contributed by atoms with van der Waals surface area (Å²) in [5, 5.41) is 14.0. The van der Waals surface area contributed by atoms with Crippen molar-refractivity contribution in [2.45, 2.75) is 26.8 Å². The molecule has 0 aromatic heterocycles. The molecule has 1 N–H and O–H groups in total. The zero-order valence-corrected chi connectivity index (χ0v) is 11.6. The van der Waals surface area contributed by atoms with E-state index >= 15 is 0 Å². The molecule has 1 rings (SSSR count). The SMILES string of the molecule is CCOc1cc(NC(C)C)c([N+](=O)[O-])cc1Br. The Morgan fingerprint density at radius 2 is 2.18 bits per heavy atom. The van der Waals surface area contributed by atoms with E-state index < -0.39 is 4.92 Å². The molecule has 94 valence electrons. The molecule has 0 bridgehead atoms. The van der Waals surface area contributed by atoms with Gasteiger partial charge in [-0.1, -0.05) is 0 Å². The second-order valence-electron chi connectivity index (χ2n) is 3.79. The van der Waals surface area contributed by atoms with Crippen LogP contribution in [0.3, 0.4) is 0 Å². The second kappa shape index (κ2) is 5.86. The third-order valence-electron chi connectivity index (χ3n) is 1.99. The van der Waals surface area contributed by atoms with Crippen molar-refractivity contribution in [3.05, 3.63) is 26.7 Å². The summed E-state index contributed by atoms with van der Waals surface area (Å²) in [7, 11) is 0. The molecule has 0 atom stereocenters. The maximum absolute atomic E-state index is 10.9. The highest BCUT2D eigenvalue weighted by Crippen LogP contribution is 2.36. The average Bonchev–Trinajstić information content (AvgIpc) is 2.21. The summed E-state index contributed by atoms with van der Waals surface area (Å²) in [6.45, 7) is 6.22. The summed E-state index contributed by atoms with van der Waals surface area (Å²) >= 11 is 3.26. The molecule has 0 heterocycles. The maximum Gasteiger partial charge on any atom is 0.293 e. The van der Waals surface area contributed by atoms with Crippen LogP contribution < -0.4 is 10.1 Å². The van der Waals surface area contributed by atoms with E-state index in [4.69, 9.17) is 4.74 Å². The number of hydrogen-bond donors (Lipinski definition) is 1. The topological polar surface area (TPSA) is 64.4 Å². The van der Waals surface area contributed by atoms with Gasteiger partial charge in [-0.25, -0.2) is 0 Å². The molecular formula is C11H15BrN2O3. The van der Waals surface area contributed by atoms with Crippen LogP contribution in [0.2, 0.25) is 0 Å². The molecule has 0 saturated carbocycles. The van der Waals surface area contributed by atoms with Crippen LogP contribution >= 0.6 is 15.9 Å². The normalized spacial score (nSPS) is 10.4. The predicted octanol–water partition coefficient (Wildman–Crippen LogP) is 3.58. The summed E-state index contributed by atoms with van der Waals surface area (Å²) in [5.74, 6) is 0.598. The van der Waals surface area contributed by atoms with E-state index in [0.29, 0.717) is 22.5 Å². The fourth-order valence-corrected chi connectivity index (χ4v) is 1.83. The van der Waals surface area contributed by atoms with Gasteiger partial charge >= 0.3 is 0 Å². The lowest BCUT2D eigenvalue weighted by molar-refractivity contribution is -0.384. The Hall–Kier alpha value is -1.30. The Balaban J connectivity index is 3.21. The number of benzene rings is 1. The van der Waals surface area contributed by atoms with Crippen molar-refractivity contribution in [2.75, 3.05) is 11.9 Å². The van der Waals surface area contributed by atoms with Crippen LogP contribution in [0, 0.1) is 10.1 Å². The fraction of sp³-hybridized carbons (Fsp3) is 0.455. The second-order valence-corrected chi connectivity index (χ2v) is 4.64. The zero-order chi connectivity index (χ0) is 13.0. The molecule has 1 aromatic rings. The Kier molecular flexibility index (Phi) is 4.74. The molecular weight excluding hydrogens is 288 g/mol. The highest BCUT2D eigenvalue weighted by molar-refractivity contribution is 9.10. The van der Waals surface area contributed by atoms with Gasteiger partial charge in [-0.2, -0.15) is 0 Å². The lowest BCUT2D eigenvalue weighted by Gasteiger charge is -2.13. The third-order valence-corrected chi connectivity index (χ3v) is 2.61. The minimum absolute atomic E-state index is 0.0361. The Morgan fingerprint density at radius 1 is 1.53 bits per heavy atom. The van der Waals surface area contributed by atoms with E-state index in [1.807, 2.05) is 20.8 Å². The van der Waals surface area contributed by atoms with Crippen molar-refractivity contribution in [3.63, 3.8) is 0 Å². The third kappa shape index (κ3) is 3.59. The molecule has 0 spiro atoms. The highest BCUT2D eigenvalue weighted by atomic mass is 79.9. The van der Waals surface area contributed by atoms with E-state index in [2.05, 4.69) is 21.2 Å². The summed E-state index contributed by atoms with van der Waals surface area (Å²) in [6, 6.07) is 3.21. The molecule has 0 aliphatic heterocycles. The molecule has 17 heavy (non-hydrogen) atoms. The van der Waals surface area contributed by atoms with Crippen LogP contribution in [-0.4, -0.2) is 17.6 Å². The van der Waals surface area contributed by atoms with Gasteiger partial charge < -0.3 is 10.1 Å². The minimum Gasteiger partial charge on any atom is -0.493 e. The smallest absolute Gasteiger partial charge is 0.293 e. The quantitative estimate of drug-likeness (QED) is 0.667. The van der Waals surface area contributed by atoms with Gasteiger partial charge in [0.25, 0.3) is 5.69 Å². The van der Waals surface area contributed by atoms with E-state index in [9.17, 15) is 10.1 Å². The Labute approximate surface area is 108 Å². The molecule has 5 nitrogen and oxygen atoms in total. The van der Waals surface area contributed by atoms with Crippen molar-refractivity contribution in [2.24, 2.45) is 0 Å². The van der Waals surface area contributed by atoms with Gasteiger partial charge in [0.2, 0.25) is 0 Å². The number of rotatable bonds is 5. The van der Waals surface area contributed by atoms with Gasteiger partial charge in [0.15, 0.2) is 0 Å². The zero-order valence-electron chi connectivity index (χ0n) is 9.99. The number of halogens is 1. The first-order valence-electron chi connectivity index (χ1n) is 5.33. The summed E-state index contributed by atoms with van der Waals surface area (Å²) in [6.07, 6.45) is 0. The fourth-order valence-electron chi connectivity index (χ4n) is 1.39. The van der Waals surface area contributed by atoms with Crippen LogP contribution in [0.5, 0.6) is 5.75 Å². The van der Waals surface area contributed by atoms with Gasteiger partial charge in [-0.05, 0) is 36.7 Å². The van der Waals surface area contributed by atoms with E-state index in [1.165, 1.54) is 6.07 Å². The molecule has 1 aromatic carbocycles. The summed E-state index contributed by atoms with van der Waals surface area (Å²) in [5.41, 5.74) is 0.505. The first-order chi connectivity index (χ1) is 7.95. The van der Waals surface area contributed by atoms with Crippen LogP contribution in [-0.2, 0) is 0 Å². The average molecular weight is 303 g/mol. The molecule has 0 aliphatic rings. The van der Waals surface area contributed by atoms with Crippen molar-refractivity contribution < 1.29 is 9.66 Å². The molecule has 0 unspecified atom stereocenters. The van der Waals surface area contributed by atoms with Crippen molar-refractivity contribution in [3.8, 4) is 5.75 Å². The van der Waals surface area contributed by atoms with E-state index in [0.717, 1.165) is 0 Å². The number of nitrogens with zero attached hydrogens (tertiary/aromatic N) is 1. The van der Waals surface area contributed by atoms with Crippen molar-refractivity contribution in [1.82, 2.24) is 0 Å². The van der Waals surface area contributed by atoms with Crippen molar-refractivity contribution >= 4 is 27.3 Å². The van der Waals surface area contributed by atoms with Crippen LogP contribution in [0.4, 0.5) is 11.4 Å². The van der Waals surface area contributed by atoms with Gasteiger partial charge in [0.05, 0.1) is 16.0 Å². The van der Waals surface area contributed by atoms with Crippen molar-refractivity contribution in [1.29, 1.82) is 0 Å². The predicted molar refractivity (Wildman–Crippen MR) is 70.7 cm³/mol. The van der Waals surface area contributed by atoms with E-state index in [-0.39, 0.29) is 11.7 Å². The molecule has 6 heteroatoms. The largest absolute Gasteiger partial charge is 0.493 e. The molecule has 0 radical (unpaired) electrons. The summed E-state index contributed by atoms with van der Waals surface area (Å²) < 4.78 is 5.97. The van der Waals surface area contributed by atoms with Crippen LogP contribution in [0.25, 0.3) is 0 Å². The highest BCUT2D eigenvalue weighted by Gasteiger charge is 2.18. The lowest BCUT2D eigenvalue weighted by atomic mass is 10.2. The van der Waals surface area contributed by atoms with Gasteiger partial charge in [0, 0.05) is 18.2 Å².